The van der Waals surface area contributed by atoms with Crippen LogP contribution >= 0.6 is 0 Å². The summed E-state index contributed by atoms with van der Waals surface area (Å²) in [5, 5.41) is 0. The van der Waals surface area contributed by atoms with Crippen LogP contribution in [0.4, 0.5) is 0 Å². The highest BCUT2D eigenvalue weighted by molar-refractivity contribution is 5.95. The molecule has 1 fully saturated rings. The van der Waals surface area contributed by atoms with Gasteiger partial charge in [-0.1, -0.05) is 36.4 Å². The van der Waals surface area contributed by atoms with Crippen LogP contribution in [0, 0.1) is 6.92 Å². The molecule has 0 saturated carbocycles. The van der Waals surface area contributed by atoms with Crippen molar-refractivity contribution < 1.29 is 14.3 Å². The molecule has 1 aliphatic heterocycles. The zero-order chi connectivity index (χ0) is 19.1. The number of carbonyl (C=O) groups excluding carboxylic acids is 1. The monoisotopic (exact) mass is 368 g/mol. The van der Waals surface area contributed by atoms with E-state index in [9.17, 15) is 4.79 Å². The maximum Gasteiger partial charge on any atom is 0.254 e. The third kappa shape index (κ3) is 5.08. The highest BCUT2D eigenvalue weighted by Crippen LogP contribution is 2.21. The van der Waals surface area contributed by atoms with E-state index in [1.807, 2.05) is 60.4 Å². The summed E-state index contributed by atoms with van der Waals surface area (Å²) in [6, 6.07) is 15.7. The molecule has 0 N–H and O–H groups in total. The number of hydrogen-bond acceptors (Lipinski definition) is 4. The molecule has 27 heavy (non-hydrogen) atoms. The predicted molar refractivity (Wildman–Crippen MR) is 106 cm³/mol. The summed E-state index contributed by atoms with van der Waals surface area (Å²) < 4.78 is 10.9. The van der Waals surface area contributed by atoms with E-state index < -0.39 is 0 Å². The van der Waals surface area contributed by atoms with Crippen LogP contribution in [0.5, 0.6) is 5.75 Å². The van der Waals surface area contributed by atoms with Crippen molar-refractivity contribution >= 4 is 5.91 Å². The van der Waals surface area contributed by atoms with E-state index in [-0.39, 0.29) is 5.91 Å². The lowest BCUT2D eigenvalue weighted by Crippen LogP contribution is -2.43. The van der Waals surface area contributed by atoms with Crippen molar-refractivity contribution in [1.29, 1.82) is 0 Å². The minimum Gasteiger partial charge on any atom is -0.496 e. The summed E-state index contributed by atoms with van der Waals surface area (Å²) in [6.07, 6.45) is 0. The first kappa shape index (κ1) is 19.4. The van der Waals surface area contributed by atoms with Crippen LogP contribution < -0.4 is 4.74 Å². The Morgan fingerprint density at radius 1 is 1.11 bits per heavy atom. The molecule has 2 aromatic rings. The molecular weight excluding hydrogens is 340 g/mol. The van der Waals surface area contributed by atoms with Crippen molar-refractivity contribution in [2.75, 3.05) is 46.5 Å². The Morgan fingerprint density at radius 2 is 1.81 bits per heavy atom. The molecule has 0 bridgehead atoms. The van der Waals surface area contributed by atoms with Crippen LogP contribution in [0.15, 0.2) is 48.5 Å². The molecular formula is C22H28N2O3. The lowest BCUT2D eigenvalue weighted by molar-refractivity contribution is 0.0320. The number of aryl methyl sites for hydroxylation is 1. The first-order valence-electron chi connectivity index (χ1n) is 9.46. The summed E-state index contributed by atoms with van der Waals surface area (Å²) in [5.41, 5.74) is 2.78. The number of nitrogens with zero attached hydrogens (tertiary/aromatic N) is 2. The fourth-order valence-corrected chi connectivity index (χ4v) is 3.36. The van der Waals surface area contributed by atoms with Crippen molar-refractivity contribution in [3.05, 3.63) is 65.2 Å². The largest absolute Gasteiger partial charge is 0.496 e. The second kappa shape index (κ2) is 9.53. The van der Waals surface area contributed by atoms with Crippen LogP contribution in [0.2, 0.25) is 0 Å². The molecule has 0 unspecified atom stereocenters. The number of ether oxygens (including phenoxy) is 2. The Balaban J connectivity index is 1.79. The highest BCUT2D eigenvalue weighted by Gasteiger charge is 2.20. The van der Waals surface area contributed by atoms with Gasteiger partial charge in [-0.15, -0.1) is 0 Å². The summed E-state index contributed by atoms with van der Waals surface area (Å²) in [5.74, 6) is 0.874. The van der Waals surface area contributed by atoms with E-state index in [4.69, 9.17) is 9.47 Å². The second-order valence-corrected chi connectivity index (χ2v) is 6.81. The average molecular weight is 368 g/mol. The molecule has 0 aliphatic carbocycles. The zero-order valence-electron chi connectivity index (χ0n) is 16.2. The fraction of sp³-hybridized carbons (Fsp3) is 0.409. The third-order valence-corrected chi connectivity index (χ3v) is 5.01. The Labute approximate surface area is 161 Å². The molecule has 1 saturated heterocycles. The topological polar surface area (TPSA) is 42.0 Å². The van der Waals surface area contributed by atoms with Gasteiger partial charge in [-0.25, -0.2) is 0 Å². The van der Waals surface area contributed by atoms with Gasteiger partial charge < -0.3 is 14.4 Å². The van der Waals surface area contributed by atoms with Gasteiger partial charge in [-0.3, -0.25) is 9.69 Å². The summed E-state index contributed by atoms with van der Waals surface area (Å²) >= 11 is 0. The molecule has 0 atom stereocenters. The molecule has 1 amide bonds. The van der Waals surface area contributed by atoms with Crippen LogP contribution in [0.1, 0.15) is 21.5 Å². The Hall–Kier alpha value is -2.37. The van der Waals surface area contributed by atoms with Gasteiger partial charge in [0.25, 0.3) is 5.91 Å². The molecule has 144 valence electrons. The van der Waals surface area contributed by atoms with Crippen LogP contribution in [-0.2, 0) is 11.3 Å². The van der Waals surface area contributed by atoms with E-state index in [2.05, 4.69) is 4.90 Å². The van der Waals surface area contributed by atoms with Gasteiger partial charge in [0.05, 0.1) is 20.3 Å². The quantitative estimate of drug-likeness (QED) is 0.754. The van der Waals surface area contributed by atoms with E-state index in [0.717, 1.165) is 55.3 Å². The lowest BCUT2D eigenvalue weighted by atomic mass is 10.1. The molecule has 1 heterocycles. The maximum absolute atomic E-state index is 13.3. The molecule has 3 rings (SSSR count). The first-order chi connectivity index (χ1) is 13.2. The Bertz CT molecular complexity index is 757. The van der Waals surface area contributed by atoms with E-state index in [0.29, 0.717) is 13.1 Å². The number of morpholine rings is 1. The predicted octanol–water partition coefficient (Wildman–Crippen LogP) is 2.98. The van der Waals surface area contributed by atoms with E-state index >= 15 is 0 Å². The van der Waals surface area contributed by atoms with Gasteiger partial charge in [0.1, 0.15) is 5.75 Å². The van der Waals surface area contributed by atoms with Crippen molar-refractivity contribution in [2.24, 2.45) is 0 Å². The maximum atomic E-state index is 13.3. The van der Waals surface area contributed by atoms with Crippen LogP contribution in [0.3, 0.4) is 0 Å². The summed E-state index contributed by atoms with van der Waals surface area (Å²) in [4.78, 5) is 17.6. The van der Waals surface area contributed by atoms with Crippen molar-refractivity contribution in [3.8, 4) is 5.75 Å². The van der Waals surface area contributed by atoms with Crippen molar-refractivity contribution in [2.45, 2.75) is 13.5 Å². The number of methoxy groups -OCH3 is 1. The Kier molecular flexibility index (Phi) is 6.85. The number of amides is 1. The molecule has 1 aliphatic rings. The normalized spacial score (nSPS) is 14.7. The van der Waals surface area contributed by atoms with Gasteiger partial charge >= 0.3 is 0 Å². The number of benzene rings is 2. The number of rotatable bonds is 7. The van der Waals surface area contributed by atoms with Crippen molar-refractivity contribution in [3.63, 3.8) is 0 Å². The number of para-hydroxylation sites is 1. The van der Waals surface area contributed by atoms with Gasteiger partial charge in [0.2, 0.25) is 0 Å². The van der Waals surface area contributed by atoms with E-state index in [1.54, 1.807) is 7.11 Å². The van der Waals surface area contributed by atoms with Gasteiger partial charge in [-0.2, -0.15) is 0 Å². The number of hydrogen-bond donors (Lipinski definition) is 0. The minimum atomic E-state index is 0.0623. The molecule has 5 heteroatoms. The lowest BCUT2D eigenvalue weighted by Gasteiger charge is -2.30. The molecule has 2 aromatic carbocycles. The third-order valence-electron chi connectivity index (χ3n) is 5.01. The smallest absolute Gasteiger partial charge is 0.254 e. The molecule has 0 radical (unpaired) electrons. The van der Waals surface area contributed by atoms with Gasteiger partial charge in [0, 0.05) is 43.9 Å². The molecule has 0 spiro atoms. The number of carbonyl (C=O) groups is 1. The SMILES string of the molecule is COc1ccccc1CN(CCN1CCOCC1)C(=O)c1ccccc1C. The summed E-state index contributed by atoms with van der Waals surface area (Å²) in [7, 11) is 1.67. The first-order valence-corrected chi connectivity index (χ1v) is 9.46. The van der Waals surface area contributed by atoms with Crippen molar-refractivity contribution in [1.82, 2.24) is 9.80 Å². The highest BCUT2D eigenvalue weighted by atomic mass is 16.5. The van der Waals surface area contributed by atoms with Gasteiger partial charge in [0.15, 0.2) is 0 Å². The minimum absolute atomic E-state index is 0.0623. The van der Waals surface area contributed by atoms with Crippen LogP contribution in [-0.4, -0.2) is 62.2 Å². The van der Waals surface area contributed by atoms with E-state index in [1.165, 1.54) is 0 Å². The molecule has 5 nitrogen and oxygen atoms in total. The van der Waals surface area contributed by atoms with Gasteiger partial charge in [-0.05, 0) is 24.6 Å². The second-order valence-electron chi connectivity index (χ2n) is 6.81. The van der Waals surface area contributed by atoms with Crippen LogP contribution in [0.25, 0.3) is 0 Å². The molecule has 0 aromatic heterocycles. The fourth-order valence-electron chi connectivity index (χ4n) is 3.36. The average Bonchev–Trinajstić information content (AvgIpc) is 2.72. The summed E-state index contributed by atoms with van der Waals surface area (Å²) in [6.45, 7) is 7.39. The zero-order valence-corrected chi connectivity index (χ0v) is 16.2. The Morgan fingerprint density at radius 3 is 2.56 bits per heavy atom. The standard InChI is InChI=1S/C22H28N2O3/c1-18-7-3-5-9-20(18)22(25)24(12-11-23-13-15-27-16-14-23)17-19-8-4-6-10-21(19)26-2/h3-10H,11-17H2,1-2H3.